The van der Waals surface area contributed by atoms with E-state index in [1.54, 1.807) is 4.72 Å². The van der Waals surface area contributed by atoms with Crippen LogP contribution in [0.25, 0.3) is 0 Å². The minimum atomic E-state index is -3.57. The lowest BCUT2D eigenvalue weighted by atomic mass is 10.5. The third-order valence-electron chi connectivity index (χ3n) is 1.99. The second kappa shape index (κ2) is 8.31. The van der Waals surface area contributed by atoms with Crippen molar-refractivity contribution < 1.29 is 23.4 Å². The fraction of sp³-hybridized carbons (Fsp3) is 0.875. The number of sulfonamides is 1. The second-order valence-corrected chi connectivity index (χ2v) is 4.78. The highest BCUT2D eigenvalue weighted by atomic mass is 32.2. The van der Waals surface area contributed by atoms with Crippen LogP contribution in [0.1, 0.15) is 13.8 Å². The standard InChI is InChI=1S/C8H18N2O4S.H2O/c1-4-10(5-2)6-7-15(12,13)9-8(11)14-3;/h4-7H2,1-3H3,(H,9,11);1H2. The SMILES string of the molecule is CCN(CC)CCS(=O)(=O)NC(=O)OC.O. The minimum absolute atomic E-state index is 0. The van der Waals surface area contributed by atoms with Crippen molar-refractivity contribution in [2.75, 3.05) is 32.5 Å². The van der Waals surface area contributed by atoms with Gasteiger partial charge in [-0.1, -0.05) is 13.8 Å². The van der Waals surface area contributed by atoms with Gasteiger partial charge >= 0.3 is 6.09 Å². The molecule has 0 aromatic heterocycles. The molecule has 0 aromatic rings. The third kappa shape index (κ3) is 7.43. The van der Waals surface area contributed by atoms with E-state index in [2.05, 4.69) is 4.74 Å². The lowest BCUT2D eigenvalue weighted by Gasteiger charge is -2.17. The molecule has 0 aliphatic rings. The van der Waals surface area contributed by atoms with Crippen molar-refractivity contribution in [1.82, 2.24) is 9.62 Å². The molecule has 3 N–H and O–H groups in total. The van der Waals surface area contributed by atoms with Crippen LogP contribution >= 0.6 is 0 Å². The predicted molar refractivity (Wildman–Crippen MR) is 60.7 cm³/mol. The molecule has 8 heteroatoms. The first kappa shape index (κ1) is 17.5. The summed E-state index contributed by atoms with van der Waals surface area (Å²) in [6, 6.07) is 0. The highest BCUT2D eigenvalue weighted by molar-refractivity contribution is 7.90. The van der Waals surface area contributed by atoms with E-state index in [-0.39, 0.29) is 11.2 Å². The van der Waals surface area contributed by atoms with Crippen LogP contribution < -0.4 is 4.72 Å². The van der Waals surface area contributed by atoms with E-state index in [9.17, 15) is 13.2 Å². The predicted octanol–water partition coefficient (Wildman–Crippen LogP) is -0.811. The number of hydrogen-bond acceptors (Lipinski definition) is 5. The summed E-state index contributed by atoms with van der Waals surface area (Å²) in [4.78, 5) is 12.6. The van der Waals surface area contributed by atoms with Gasteiger partial charge in [0.25, 0.3) is 0 Å². The summed E-state index contributed by atoms with van der Waals surface area (Å²) >= 11 is 0. The molecule has 0 aliphatic carbocycles. The Morgan fingerprint density at radius 3 is 2.19 bits per heavy atom. The summed E-state index contributed by atoms with van der Waals surface area (Å²) in [5, 5.41) is 0. The molecule has 0 aliphatic heterocycles. The van der Waals surface area contributed by atoms with Crippen molar-refractivity contribution in [3.63, 3.8) is 0 Å². The summed E-state index contributed by atoms with van der Waals surface area (Å²) in [5.41, 5.74) is 0. The summed E-state index contributed by atoms with van der Waals surface area (Å²) in [5.74, 6) is -0.107. The molecule has 0 rings (SSSR count). The first-order valence-corrected chi connectivity index (χ1v) is 6.41. The molecule has 0 fully saturated rings. The summed E-state index contributed by atoms with van der Waals surface area (Å²) in [7, 11) is -2.45. The van der Waals surface area contributed by atoms with Gasteiger partial charge in [-0.15, -0.1) is 0 Å². The number of carbonyl (C=O) groups is 1. The molecular weight excluding hydrogens is 236 g/mol. The van der Waals surface area contributed by atoms with Gasteiger partial charge in [0, 0.05) is 6.54 Å². The zero-order valence-corrected chi connectivity index (χ0v) is 10.6. The maximum absolute atomic E-state index is 11.3. The van der Waals surface area contributed by atoms with Crippen molar-refractivity contribution >= 4 is 16.1 Å². The second-order valence-electron chi connectivity index (χ2n) is 2.94. The van der Waals surface area contributed by atoms with Crippen LogP contribution in [0.15, 0.2) is 0 Å². The zero-order valence-electron chi connectivity index (χ0n) is 9.82. The Morgan fingerprint density at radius 1 is 1.31 bits per heavy atom. The maximum atomic E-state index is 11.3. The number of ether oxygens (including phenoxy) is 1. The van der Waals surface area contributed by atoms with E-state index in [4.69, 9.17) is 0 Å². The number of methoxy groups -OCH3 is 1. The zero-order chi connectivity index (χ0) is 11.9. The first-order chi connectivity index (χ1) is 6.95. The monoisotopic (exact) mass is 256 g/mol. The summed E-state index contributed by atoms with van der Waals surface area (Å²) < 4.78 is 28.6. The summed E-state index contributed by atoms with van der Waals surface area (Å²) in [6.45, 7) is 5.86. The van der Waals surface area contributed by atoms with Gasteiger partial charge in [-0.2, -0.15) is 0 Å². The molecule has 0 aromatic carbocycles. The van der Waals surface area contributed by atoms with Crippen LogP contribution in [-0.4, -0.2) is 57.4 Å². The van der Waals surface area contributed by atoms with Crippen molar-refractivity contribution in [3.8, 4) is 0 Å². The highest BCUT2D eigenvalue weighted by Crippen LogP contribution is 1.91. The van der Waals surface area contributed by atoms with Gasteiger partial charge in [-0.25, -0.2) is 17.9 Å². The van der Waals surface area contributed by atoms with Crippen molar-refractivity contribution in [3.05, 3.63) is 0 Å². The molecule has 7 nitrogen and oxygen atoms in total. The average Bonchev–Trinajstić information content (AvgIpc) is 2.18. The molecule has 0 radical (unpaired) electrons. The number of hydrogen-bond donors (Lipinski definition) is 1. The van der Waals surface area contributed by atoms with Gasteiger partial charge in [0.1, 0.15) is 0 Å². The van der Waals surface area contributed by atoms with Crippen LogP contribution in [0.4, 0.5) is 4.79 Å². The number of nitrogens with one attached hydrogen (secondary N) is 1. The van der Waals surface area contributed by atoms with Crippen LogP contribution in [0.3, 0.4) is 0 Å². The van der Waals surface area contributed by atoms with E-state index < -0.39 is 16.1 Å². The topological polar surface area (TPSA) is 107 Å². The fourth-order valence-electron chi connectivity index (χ4n) is 1.01. The lowest BCUT2D eigenvalue weighted by Crippen LogP contribution is -2.37. The molecule has 0 saturated carbocycles. The smallest absolute Gasteiger partial charge is 0.420 e. The molecule has 0 bridgehead atoms. The largest absolute Gasteiger partial charge is 0.452 e. The Balaban J connectivity index is 0. The number of carbonyl (C=O) groups excluding carboxylic acids is 1. The molecule has 98 valence electrons. The number of nitrogens with zero attached hydrogens (tertiary/aromatic N) is 1. The molecule has 0 atom stereocenters. The maximum Gasteiger partial charge on any atom is 0.420 e. The average molecular weight is 256 g/mol. The van der Waals surface area contributed by atoms with Gasteiger partial charge in [0.15, 0.2) is 0 Å². The molecule has 0 unspecified atom stereocenters. The normalized spacial score (nSPS) is 10.8. The Labute approximate surface area is 96.1 Å². The van der Waals surface area contributed by atoms with Gasteiger partial charge in [-0.3, -0.25) is 0 Å². The number of amides is 1. The molecule has 0 spiro atoms. The van der Waals surface area contributed by atoms with E-state index in [1.807, 2.05) is 18.7 Å². The molecule has 0 saturated heterocycles. The molecule has 0 heterocycles. The summed E-state index contributed by atoms with van der Waals surface area (Å²) in [6.07, 6.45) is -0.949. The van der Waals surface area contributed by atoms with Gasteiger partial charge in [0.2, 0.25) is 10.0 Å². The van der Waals surface area contributed by atoms with Gasteiger partial charge in [-0.05, 0) is 13.1 Å². The Morgan fingerprint density at radius 2 is 1.81 bits per heavy atom. The third-order valence-corrected chi connectivity index (χ3v) is 3.19. The van der Waals surface area contributed by atoms with Crippen LogP contribution in [-0.2, 0) is 14.8 Å². The molecule has 16 heavy (non-hydrogen) atoms. The van der Waals surface area contributed by atoms with Gasteiger partial charge < -0.3 is 15.1 Å². The van der Waals surface area contributed by atoms with Gasteiger partial charge in [0.05, 0.1) is 12.9 Å². The Kier molecular flexibility index (Phi) is 9.11. The lowest BCUT2D eigenvalue weighted by molar-refractivity contribution is 0.177. The Hall–Kier alpha value is -0.860. The minimum Gasteiger partial charge on any atom is -0.452 e. The van der Waals surface area contributed by atoms with E-state index in [1.165, 1.54) is 0 Å². The van der Waals surface area contributed by atoms with Crippen molar-refractivity contribution in [1.29, 1.82) is 0 Å². The quantitative estimate of drug-likeness (QED) is 0.668. The van der Waals surface area contributed by atoms with E-state index >= 15 is 0 Å². The first-order valence-electron chi connectivity index (χ1n) is 4.76. The molecular formula is C8H20N2O5S. The number of rotatable bonds is 6. The Bertz CT molecular complexity index is 287. The van der Waals surface area contributed by atoms with Crippen LogP contribution in [0.5, 0.6) is 0 Å². The molecule has 1 amide bonds. The van der Waals surface area contributed by atoms with Crippen LogP contribution in [0, 0.1) is 0 Å². The fourth-order valence-corrected chi connectivity index (χ4v) is 1.95. The van der Waals surface area contributed by atoms with Crippen molar-refractivity contribution in [2.45, 2.75) is 13.8 Å². The van der Waals surface area contributed by atoms with E-state index in [0.29, 0.717) is 6.54 Å². The highest BCUT2D eigenvalue weighted by Gasteiger charge is 2.15. The van der Waals surface area contributed by atoms with Crippen molar-refractivity contribution in [2.24, 2.45) is 0 Å². The van der Waals surface area contributed by atoms with E-state index in [0.717, 1.165) is 20.2 Å². The van der Waals surface area contributed by atoms with Crippen LogP contribution in [0.2, 0.25) is 0 Å².